The van der Waals surface area contributed by atoms with Gasteiger partial charge in [0, 0.05) is 44.3 Å². The highest BCUT2D eigenvalue weighted by Crippen LogP contribution is 2.14. The number of piperazine rings is 1. The van der Waals surface area contributed by atoms with Crippen molar-refractivity contribution in [2.75, 3.05) is 36.8 Å². The molecular weight excluding hydrogens is 266 g/mol. The highest BCUT2D eigenvalue weighted by Gasteiger charge is 2.23. The first kappa shape index (κ1) is 13.4. The lowest BCUT2D eigenvalue weighted by Crippen LogP contribution is -2.49. The van der Waals surface area contributed by atoms with Gasteiger partial charge in [-0.25, -0.2) is 4.98 Å². The molecule has 6 nitrogen and oxygen atoms in total. The molecule has 21 heavy (non-hydrogen) atoms. The van der Waals surface area contributed by atoms with Gasteiger partial charge in [-0.2, -0.15) is 0 Å². The van der Waals surface area contributed by atoms with Crippen LogP contribution < -0.4 is 10.6 Å². The number of rotatable bonds is 2. The number of pyridine rings is 2. The van der Waals surface area contributed by atoms with Gasteiger partial charge in [0.2, 0.25) is 0 Å². The maximum atomic E-state index is 12.4. The molecule has 0 atom stereocenters. The molecule has 3 heterocycles. The molecule has 1 aliphatic heterocycles. The van der Waals surface area contributed by atoms with Crippen LogP contribution in [-0.2, 0) is 0 Å². The summed E-state index contributed by atoms with van der Waals surface area (Å²) in [7, 11) is 0. The fourth-order valence-electron chi connectivity index (χ4n) is 2.41. The molecule has 0 aromatic carbocycles. The van der Waals surface area contributed by atoms with E-state index in [1.165, 1.54) is 0 Å². The quantitative estimate of drug-likeness (QED) is 0.890. The van der Waals surface area contributed by atoms with Crippen LogP contribution in [0.15, 0.2) is 42.7 Å². The van der Waals surface area contributed by atoms with Crippen LogP contribution in [0.3, 0.4) is 0 Å². The zero-order valence-corrected chi connectivity index (χ0v) is 11.6. The number of hydrogen-bond acceptors (Lipinski definition) is 5. The van der Waals surface area contributed by atoms with Crippen LogP contribution >= 0.6 is 0 Å². The SMILES string of the molecule is Nc1ccnc(C(=O)N2CCN(c3ccccn3)CC2)c1. The van der Waals surface area contributed by atoms with E-state index in [0.717, 1.165) is 18.9 Å². The normalized spacial score (nSPS) is 15.0. The Balaban J connectivity index is 1.64. The third-order valence-corrected chi connectivity index (χ3v) is 3.54. The molecule has 0 unspecified atom stereocenters. The van der Waals surface area contributed by atoms with Gasteiger partial charge in [-0.05, 0) is 24.3 Å². The molecule has 0 aliphatic carbocycles. The first-order valence-corrected chi connectivity index (χ1v) is 6.91. The number of nitrogen functional groups attached to an aromatic ring is 1. The van der Waals surface area contributed by atoms with E-state index in [0.29, 0.717) is 24.5 Å². The van der Waals surface area contributed by atoms with E-state index in [1.54, 1.807) is 29.4 Å². The number of nitrogens with zero attached hydrogens (tertiary/aromatic N) is 4. The third-order valence-electron chi connectivity index (χ3n) is 3.54. The molecule has 2 aromatic heterocycles. The van der Waals surface area contributed by atoms with Gasteiger partial charge in [0.25, 0.3) is 5.91 Å². The fraction of sp³-hybridized carbons (Fsp3) is 0.267. The fourth-order valence-corrected chi connectivity index (χ4v) is 2.41. The Bertz CT molecular complexity index is 623. The third kappa shape index (κ3) is 2.94. The standard InChI is InChI=1S/C15H17N5O/c16-12-4-6-17-13(11-12)15(21)20-9-7-19(8-10-20)14-3-1-2-5-18-14/h1-6,11H,7-10H2,(H2,16,17). The Morgan fingerprint density at radius 3 is 2.52 bits per heavy atom. The summed E-state index contributed by atoms with van der Waals surface area (Å²) in [5, 5.41) is 0. The van der Waals surface area contributed by atoms with Crippen molar-refractivity contribution in [2.24, 2.45) is 0 Å². The van der Waals surface area contributed by atoms with Crippen molar-refractivity contribution in [1.29, 1.82) is 0 Å². The van der Waals surface area contributed by atoms with Crippen molar-refractivity contribution in [3.05, 3.63) is 48.4 Å². The van der Waals surface area contributed by atoms with E-state index >= 15 is 0 Å². The first-order chi connectivity index (χ1) is 10.2. The van der Waals surface area contributed by atoms with Crippen molar-refractivity contribution in [2.45, 2.75) is 0 Å². The second-order valence-corrected chi connectivity index (χ2v) is 4.94. The monoisotopic (exact) mass is 283 g/mol. The molecule has 3 rings (SSSR count). The van der Waals surface area contributed by atoms with Crippen molar-refractivity contribution in [3.8, 4) is 0 Å². The highest BCUT2D eigenvalue weighted by molar-refractivity contribution is 5.93. The van der Waals surface area contributed by atoms with E-state index in [9.17, 15) is 4.79 Å². The lowest BCUT2D eigenvalue weighted by Gasteiger charge is -2.35. The molecule has 6 heteroatoms. The molecule has 0 radical (unpaired) electrons. The second-order valence-electron chi connectivity index (χ2n) is 4.94. The van der Waals surface area contributed by atoms with E-state index in [-0.39, 0.29) is 5.91 Å². The molecule has 108 valence electrons. The van der Waals surface area contributed by atoms with Gasteiger partial charge >= 0.3 is 0 Å². The average Bonchev–Trinajstić information content (AvgIpc) is 2.55. The van der Waals surface area contributed by atoms with Crippen molar-refractivity contribution < 1.29 is 4.79 Å². The Kier molecular flexibility index (Phi) is 3.68. The van der Waals surface area contributed by atoms with Crippen molar-refractivity contribution in [1.82, 2.24) is 14.9 Å². The topological polar surface area (TPSA) is 75.3 Å². The summed E-state index contributed by atoms with van der Waals surface area (Å²) in [6.45, 7) is 2.86. The average molecular weight is 283 g/mol. The van der Waals surface area contributed by atoms with E-state index < -0.39 is 0 Å². The minimum absolute atomic E-state index is 0.0667. The van der Waals surface area contributed by atoms with Gasteiger partial charge in [0.05, 0.1) is 0 Å². The molecule has 1 saturated heterocycles. The maximum Gasteiger partial charge on any atom is 0.272 e. The molecule has 1 amide bonds. The largest absolute Gasteiger partial charge is 0.399 e. The van der Waals surface area contributed by atoms with Gasteiger partial charge in [0.1, 0.15) is 11.5 Å². The minimum Gasteiger partial charge on any atom is -0.399 e. The Morgan fingerprint density at radius 1 is 1.05 bits per heavy atom. The molecule has 0 saturated carbocycles. The number of anilines is 2. The predicted molar refractivity (Wildman–Crippen MR) is 81.0 cm³/mol. The highest BCUT2D eigenvalue weighted by atomic mass is 16.2. The van der Waals surface area contributed by atoms with Crippen LogP contribution in [0.25, 0.3) is 0 Å². The summed E-state index contributed by atoms with van der Waals surface area (Å²) in [4.78, 5) is 24.8. The maximum absolute atomic E-state index is 12.4. The summed E-state index contributed by atoms with van der Waals surface area (Å²) in [6.07, 6.45) is 3.34. The summed E-state index contributed by atoms with van der Waals surface area (Å²) in [6, 6.07) is 9.14. The van der Waals surface area contributed by atoms with E-state index in [1.807, 2.05) is 18.2 Å². The zero-order chi connectivity index (χ0) is 14.7. The summed E-state index contributed by atoms with van der Waals surface area (Å²) < 4.78 is 0. The van der Waals surface area contributed by atoms with Gasteiger partial charge in [-0.1, -0.05) is 6.07 Å². The number of carbonyl (C=O) groups is 1. The van der Waals surface area contributed by atoms with Crippen LogP contribution in [0.1, 0.15) is 10.5 Å². The molecule has 1 aliphatic rings. The Labute approximate surface area is 123 Å². The number of carbonyl (C=O) groups excluding carboxylic acids is 1. The van der Waals surface area contributed by atoms with Gasteiger partial charge < -0.3 is 15.5 Å². The molecule has 1 fully saturated rings. The van der Waals surface area contributed by atoms with E-state index in [2.05, 4.69) is 14.9 Å². The number of hydrogen-bond donors (Lipinski definition) is 1. The molecule has 2 aromatic rings. The zero-order valence-electron chi connectivity index (χ0n) is 11.6. The minimum atomic E-state index is -0.0667. The molecular formula is C15H17N5O. The summed E-state index contributed by atoms with van der Waals surface area (Å²) in [5.74, 6) is 0.884. The summed E-state index contributed by atoms with van der Waals surface area (Å²) >= 11 is 0. The van der Waals surface area contributed by atoms with Crippen LogP contribution in [-0.4, -0.2) is 47.0 Å². The smallest absolute Gasteiger partial charge is 0.272 e. The number of amides is 1. The van der Waals surface area contributed by atoms with Crippen LogP contribution in [0.2, 0.25) is 0 Å². The predicted octanol–water partition coefficient (Wildman–Crippen LogP) is 1.02. The lowest BCUT2D eigenvalue weighted by molar-refractivity contribution is 0.0740. The summed E-state index contributed by atoms with van der Waals surface area (Å²) in [5.41, 5.74) is 6.66. The Morgan fingerprint density at radius 2 is 1.86 bits per heavy atom. The number of nitrogens with two attached hydrogens (primary N) is 1. The van der Waals surface area contributed by atoms with Gasteiger partial charge in [0.15, 0.2) is 0 Å². The van der Waals surface area contributed by atoms with Crippen molar-refractivity contribution >= 4 is 17.4 Å². The van der Waals surface area contributed by atoms with Crippen molar-refractivity contribution in [3.63, 3.8) is 0 Å². The van der Waals surface area contributed by atoms with Gasteiger partial charge in [-0.3, -0.25) is 9.78 Å². The Hall–Kier alpha value is -2.63. The molecule has 2 N–H and O–H groups in total. The second kappa shape index (κ2) is 5.78. The van der Waals surface area contributed by atoms with E-state index in [4.69, 9.17) is 5.73 Å². The molecule has 0 bridgehead atoms. The van der Waals surface area contributed by atoms with Crippen LogP contribution in [0.5, 0.6) is 0 Å². The van der Waals surface area contributed by atoms with Gasteiger partial charge in [-0.15, -0.1) is 0 Å². The van der Waals surface area contributed by atoms with Crippen LogP contribution in [0.4, 0.5) is 11.5 Å². The number of aromatic nitrogens is 2. The molecule has 0 spiro atoms. The lowest BCUT2D eigenvalue weighted by atomic mass is 10.2. The first-order valence-electron chi connectivity index (χ1n) is 6.91. The van der Waals surface area contributed by atoms with Crippen LogP contribution in [0, 0.1) is 0 Å².